The van der Waals surface area contributed by atoms with Crippen LogP contribution in [0.3, 0.4) is 0 Å². The SMILES string of the molecule is CO[C@H]1C[C@H](C)CC2=C(NCCCCCC[PH](c3ccccc3)(c3ccccc3)c3ccccc3)C(=O)C=C(NC(=O)/C(C)=C/C=C\[C@H](OC)[C@@H](OC(N)=O)/C(C)=C/[C@H](C)C1O)C2=O. The van der Waals surface area contributed by atoms with Crippen LogP contribution in [-0.4, -0.2) is 80.0 Å². The fourth-order valence-corrected chi connectivity index (χ4v) is 13.9. The molecule has 0 saturated heterocycles. The average molecular weight is 892 g/mol. The van der Waals surface area contributed by atoms with Gasteiger partial charge in [-0.25, -0.2) is 4.79 Å². The van der Waals surface area contributed by atoms with Crippen LogP contribution in [0, 0.1) is 11.8 Å². The number of nitrogens with two attached hydrogens (primary N) is 1. The number of amides is 2. The van der Waals surface area contributed by atoms with Crippen LogP contribution < -0.4 is 32.3 Å². The topological polar surface area (TPSA) is 166 Å². The van der Waals surface area contributed by atoms with Gasteiger partial charge >= 0.3 is 239 Å². The van der Waals surface area contributed by atoms with Crippen molar-refractivity contribution in [3.8, 4) is 0 Å². The van der Waals surface area contributed by atoms with Gasteiger partial charge in [-0.1, -0.05) is 31.2 Å². The van der Waals surface area contributed by atoms with Crippen molar-refractivity contribution in [2.75, 3.05) is 26.9 Å². The Morgan fingerprint density at radius 1 is 0.844 bits per heavy atom. The Labute approximate surface area is 379 Å². The molecule has 2 bridgehead atoms. The number of Topliss-reactive ketones (excluding diaryl/α,β-unsaturated/α-hetero) is 1. The van der Waals surface area contributed by atoms with Crippen molar-refractivity contribution in [1.29, 1.82) is 0 Å². The summed E-state index contributed by atoms with van der Waals surface area (Å²) in [6.07, 6.45) is 8.67. The van der Waals surface area contributed by atoms with Crippen molar-refractivity contribution >= 4 is 46.7 Å². The summed E-state index contributed by atoms with van der Waals surface area (Å²) in [4.78, 5) is 53.4. The second-order valence-corrected chi connectivity index (χ2v) is 21.1. The van der Waals surface area contributed by atoms with E-state index in [1.807, 2.05) is 13.8 Å². The molecular formula is C52H66N3O8P. The first-order chi connectivity index (χ1) is 30.8. The van der Waals surface area contributed by atoms with Gasteiger partial charge in [0.1, 0.15) is 6.10 Å². The molecule has 0 fully saturated rings. The maximum atomic E-state index is 14.2. The molecule has 11 nitrogen and oxygen atoms in total. The average Bonchev–Trinajstić information content (AvgIpc) is 3.29. The van der Waals surface area contributed by atoms with Gasteiger partial charge < -0.3 is 25.1 Å². The standard InChI is InChI=1S/C52H66N3O8P/c1-35-31-42-47(54-29-18-7-8-19-30-64(39-22-12-9-13-23-39,40-24-14-10-15-25-40)41-26-16-11-17-27-41)44(56)34-43(49(42)58)55-51(59)36(2)21-20-28-45(61-5)50(63-52(53)60)38(4)33-37(3)48(57)46(32-35)62-6/h9-17,20-28,33-35,37,45-46,48,50,54,57,64H,7-8,18-19,29-32H2,1-6H3,(H2,53,60)(H,55,59)/b28-20-,36-21+,38-33+/t35-,37+,45+,46+,48?,50+/m1/s1. The summed E-state index contributed by atoms with van der Waals surface area (Å²) in [5, 5.41) is 21.7. The molecule has 2 amide bonds. The van der Waals surface area contributed by atoms with Crippen LogP contribution >= 0.6 is 7.26 Å². The van der Waals surface area contributed by atoms with Gasteiger partial charge in [-0.15, -0.1) is 0 Å². The zero-order valence-corrected chi connectivity index (χ0v) is 39.1. The van der Waals surface area contributed by atoms with Crippen LogP contribution in [0.2, 0.25) is 0 Å². The first-order valence-corrected chi connectivity index (χ1v) is 24.5. The van der Waals surface area contributed by atoms with Crippen LogP contribution in [0.5, 0.6) is 0 Å². The number of ketones is 2. The van der Waals surface area contributed by atoms with Gasteiger partial charge in [-0.3, -0.25) is 4.79 Å². The van der Waals surface area contributed by atoms with Crippen LogP contribution in [0.1, 0.15) is 66.2 Å². The number of nitrogens with one attached hydrogen (secondary N) is 2. The summed E-state index contributed by atoms with van der Waals surface area (Å²) in [5.74, 6) is -2.09. The molecule has 1 heterocycles. The third kappa shape index (κ3) is 12.6. The number of primary amides is 1. The molecule has 1 aliphatic heterocycles. The fourth-order valence-electron chi connectivity index (χ4n) is 8.96. The Hall–Kier alpha value is -5.45. The number of carbonyl (C=O) groups excluding carboxylic acids is 4. The van der Waals surface area contributed by atoms with E-state index in [2.05, 4.69) is 102 Å². The minimum atomic E-state index is -2.34. The number of ether oxygens (including phenoxy) is 3. The number of aliphatic hydroxyl groups excluding tert-OH is 1. The minimum absolute atomic E-state index is 0.109. The molecule has 0 aromatic heterocycles. The molecular weight excluding hydrogens is 826 g/mol. The molecule has 12 heteroatoms. The maximum absolute atomic E-state index is 14.2. The molecule has 2 aliphatic rings. The molecule has 3 aromatic rings. The number of rotatable bonds is 14. The van der Waals surface area contributed by atoms with Crippen molar-refractivity contribution < 1.29 is 38.5 Å². The van der Waals surface area contributed by atoms with Crippen LogP contribution in [-0.2, 0) is 28.6 Å². The predicted molar refractivity (Wildman–Crippen MR) is 257 cm³/mol. The Balaban J connectivity index is 1.34. The number of methoxy groups -OCH3 is 2. The van der Waals surface area contributed by atoms with Crippen LogP contribution in [0.15, 0.2) is 149 Å². The Morgan fingerprint density at radius 3 is 1.97 bits per heavy atom. The van der Waals surface area contributed by atoms with Gasteiger partial charge in [0.25, 0.3) is 5.91 Å². The number of hydrogen-bond donors (Lipinski definition) is 4. The number of hydrogen-bond acceptors (Lipinski definition) is 9. The van der Waals surface area contributed by atoms with E-state index >= 15 is 0 Å². The number of benzene rings is 3. The summed E-state index contributed by atoms with van der Waals surface area (Å²) < 4.78 is 16.9. The normalized spacial score (nSPS) is 25.2. The van der Waals surface area contributed by atoms with E-state index in [9.17, 15) is 24.3 Å². The number of fused-ring (bicyclic) bond motifs is 2. The van der Waals surface area contributed by atoms with E-state index in [1.54, 1.807) is 32.1 Å². The number of carbonyl (C=O) groups is 4. The van der Waals surface area contributed by atoms with E-state index in [0.29, 0.717) is 18.5 Å². The molecule has 64 heavy (non-hydrogen) atoms. The molecule has 6 atom stereocenters. The van der Waals surface area contributed by atoms with Crippen molar-refractivity contribution in [3.63, 3.8) is 0 Å². The molecule has 3 aromatic carbocycles. The van der Waals surface area contributed by atoms with Crippen LogP contribution in [0.4, 0.5) is 4.79 Å². The molecule has 1 unspecified atom stereocenters. The molecule has 0 saturated carbocycles. The van der Waals surface area contributed by atoms with E-state index in [0.717, 1.165) is 31.8 Å². The molecule has 0 radical (unpaired) electrons. The first kappa shape index (κ1) is 49.6. The van der Waals surface area contributed by atoms with Crippen LogP contribution in [0.25, 0.3) is 0 Å². The monoisotopic (exact) mass is 891 g/mol. The van der Waals surface area contributed by atoms with Crippen molar-refractivity contribution in [1.82, 2.24) is 10.6 Å². The van der Waals surface area contributed by atoms with E-state index in [4.69, 9.17) is 19.9 Å². The third-order valence-corrected chi connectivity index (χ3v) is 17.4. The summed E-state index contributed by atoms with van der Waals surface area (Å²) in [5.41, 5.74) is 6.68. The second-order valence-electron chi connectivity index (χ2n) is 17.0. The number of aliphatic hydroxyl groups is 1. The third-order valence-electron chi connectivity index (χ3n) is 12.4. The van der Waals surface area contributed by atoms with Crippen molar-refractivity contribution in [2.24, 2.45) is 17.6 Å². The predicted octanol–water partition coefficient (Wildman–Crippen LogP) is 6.64. The summed E-state index contributed by atoms with van der Waals surface area (Å²) in [7, 11) is 0.626. The van der Waals surface area contributed by atoms with Gasteiger partial charge in [0, 0.05) is 25.7 Å². The molecule has 5 rings (SSSR count). The van der Waals surface area contributed by atoms with Gasteiger partial charge in [-0.05, 0) is 19.4 Å². The number of allylic oxidation sites excluding steroid dienone is 4. The second kappa shape index (κ2) is 24.0. The quantitative estimate of drug-likeness (QED) is 0.0601. The first-order valence-electron chi connectivity index (χ1n) is 22.3. The number of unbranched alkanes of at least 4 members (excludes halogenated alkanes) is 3. The Morgan fingerprint density at radius 2 is 1.42 bits per heavy atom. The van der Waals surface area contributed by atoms with Crippen molar-refractivity contribution in [2.45, 2.75) is 90.6 Å². The van der Waals surface area contributed by atoms with Gasteiger partial charge in [-0.2, -0.15) is 0 Å². The zero-order chi connectivity index (χ0) is 46.2. The molecule has 5 N–H and O–H groups in total. The summed E-state index contributed by atoms with van der Waals surface area (Å²) in [6, 6.07) is 32.7. The Kier molecular flexibility index (Phi) is 18.6. The molecule has 342 valence electrons. The van der Waals surface area contributed by atoms with Gasteiger partial charge in [0.05, 0.1) is 12.2 Å². The summed E-state index contributed by atoms with van der Waals surface area (Å²) >= 11 is 0. The molecule has 1 aliphatic carbocycles. The van der Waals surface area contributed by atoms with E-state index < -0.39 is 61.2 Å². The Bertz CT molecular complexity index is 2120. The molecule has 0 spiro atoms. The van der Waals surface area contributed by atoms with E-state index in [-0.39, 0.29) is 34.9 Å². The van der Waals surface area contributed by atoms with E-state index in [1.165, 1.54) is 42.3 Å². The zero-order valence-electron chi connectivity index (χ0n) is 38.1. The van der Waals surface area contributed by atoms with Gasteiger partial charge in [0.2, 0.25) is 0 Å². The fraction of sp³-hybridized carbons (Fsp3) is 0.385. The van der Waals surface area contributed by atoms with Crippen molar-refractivity contribution in [3.05, 3.63) is 149 Å². The van der Waals surface area contributed by atoms with Gasteiger partial charge in [0.15, 0.2) is 6.10 Å². The summed E-state index contributed by atoms with van der Waals surface area (Å²) in [6.45, 7) is 7.59.